The first-order chi connectivity index (χ1) is 3.93. The fourth-order valence-electron chi connectivity index (χ4n) is 0.640. The highest BCUT2D eigenvalue weighted by atomic mass is 32.2. The molecule has 0 aromatic rings. The van der Waals surface area contributed by atoms with Gasteiger partial charge in [-0.3, -0.25) is 0 Å². The lowest BCUT2D eigenvalue weighted by Gasteiger charge is -2.01. The fourth-order valence-corrected chi connectivity index (χ4v) is 4.76. The van der Waals surface area contributed by atoms with E-state index in [0.717, 1.165) is 4.58 Å². The highest BCUT2D eigenvalue weighted by Crippen LogP contribution is 2.33. The van der Waals surface area contributed by atoms with Crippen molar-refractivity contribution in [2.45, 2.75) is 4.58 Å². The smallest absolute Gasteiger partial charge is 0.0593 e. The normalized spacial score (nSPS) is 22.1. The average molecular weight is 166 g/mol. The Balaban J connectivity index is 2.06. The molecule has 0 bridgehead atoms. The van der Waals surface area contributed by atoms with Crippen LogP contribution in [0.3, 0.4) is 0 Å². The summed E-state index contributed by atoms with van der Waals surface area (Å²) in [5.74, 6) is 4.07. The van der Waals surface area contributed by atoms with Crippen LogP contribution in [0, 0.1) is 0 Å². The lowest BCUT2D eigenvalue weighted by atomic mass is 10.9. The average Bonchev–Trinajstić information content (AvgIpc) is 2.19. The highest BCUT2D eigenvalue weighted by Gasteiger charge is 2.14. The molecule has 0 atom stereocenters. The molecule has 8 heavy (non-hydrogen) atoms. The van der Waals surface area contributed by atoms with Crippen molar-refractivity contribution in [2.75, 3.05) is 23.5 Å². The molecule has 0 amide bonds. The van der Waals surface area contributed by atoms with Gasteiger partial charge in [-0.15, -0.1) is 23.5 Å². The van der Waals surface area contributed by atoms with Gasteiger partial charge in [0.25, 0.3) is 0 Å². The van der Waals surface area contributed by atoms with Gasteiger partial charge < -0.3 is 0 Å². The second-order valence-corrected chi connectivity index (χ2v) is 5.46. The molecule has 1 aliphatic heterocycles. The molecule has 0 saturated carbocycles. The van der Waals surface area contributed by atoms with E-state index in [1.807, 2.05) is 11.8 Å². The maximum Gasteiger partial charge on any atom is 0.0593 e. The lowest BCUT2D eigenvalue weighted by Crippen LogP contribution is -1.93. The van der Waals surface area contributed by atoms with Crippen LogP contribution < -0.4 is 0 Å². The zero-order chi connectivity index (χ0) is 5.82. The van der Waals surface area contributed by atoms with Crippen molar-refractivity contribution in [3.63, 3.8) is 0 Å². The maximum absolute atomic E-state index is 2.18. The van der Waals surface area contributed by atoms with Crippen LogP contribution in [0.1, 0.15) is 0 Å². The summed E-state index contributed by atoms with van der Waals surface area (Å²) in [7, 11) is 0. The Morgan fingerprint density at radius 2 is 2.12 bits per heavy atom. The van der Waals surface area contributed by atoms with E-state index in [2.05, 4.69) is 29.8 Å². The van der Waals surface area contributed by atoms with Crippen molar-refractivity contribution in [3.8, 4) is 0 Å². The predicted molar refractivity (Wildman–Crippen MR) is 47.1 cm³/mol. The van der Waals surface area contributed by atoms with Crippen LogP contribution in [0.25, 0.3) is 0 Å². The molecule has 0 unspecified atom stereocenters. The van der Waals surface area contributed by atoms with Gasteiger partial charge >= 0.3 is 0 Å². The highest BCUT2D eigenvalue weighted by molar-refractivity contribution is 8.21. The van der Waals surface area contributed by atoms with Gasteiger partial charge in [0, 0.05) is 17.3 Å². The molecule has 1 aliphatic rings. The van der Waals surface area contributed by atoms with Crippen molar-refractivity contribution in [3.05, 3.63) is 0 Å². The van der Waals surface area contributed by atoms with E-state index >= 15 is 0 Å². The molecule has 0 N–H and O–H groups in total. The molecule has 0 aliphatic carbocycles. The van der Waals surface area contributed by atoms with Crippen molar-refractivity contribution < 1.29 is 0 Å². The Kier molecular flexibility index (Phi) is 3.55. The summed E-state index contributed by atoms with van der Waals surface area (Å²) in [5.41, 5.74) is 0. The Morgan fingerprint density at radius 1 is 1.50 bits per heavy atom. The molecular weight excluding hydrogens is 156 g/mol. The fraction of sp³-hybridized carbons (Fsp3) is 1.00. The first kappa shape index (κ1) is 7.16. The van der Waals surface area contributed by atoms with Crippen LogP contribution in [-0.4, -0.2) is 28.1 Å². The predicted octanol–water partition coefficient (Wildman–Crippen LogP) is 2.16. The molecule has 1 rings (SSSR count). The van der Waals surface area contributed by atoms with Gasteiger partial charge in [-0.25, -0.2) is 0 Å². The van der Waals surface area contributed by atoms with Crippen LogP contribution in [-0.2, 0) is 0 Å². The molecule has 3 heteroatoms. The van der Waals surface area contributed by atoms with E-state index in [0.29, 0.717) is 0 Å². The van der Waals surface area contributed by atoms with Crippen LogP contribution in [0.15, 0.2) is 0 Å². The summed E-state index contributed by atoms with van der Waals surface area (Å²) >= 11 is 6.18. The lowest BCUT2D eigenvalue weighted by molar-refractivity contribution is 1.47. The van der Waals surface area contributed by atoms with Crippen molar-refractivity contribution in [1.29, 1.82) is 0 Å². The third-order valence-corrected chi connectivity index (χ3v) is 5.11. The monoisotopic (exact) mass is 166 g/mol. The maximum atomic E-state index is 2.18. The zero-order valence-corrected chi connectivity index (χ0v) is 7.37. The molecule has 1 saturated heterocycles. The van der Waals surface area contributed by atoms with Crippen LogP contribution in [0.5, 0.6) is 0 Å². The Morgan fingerprint density at radius 3 is 2.62 bits per heavy atom. The topological polar surface area (TPSA) is 0 Å². The summed E-state index contributed by atoms with van der Waals surface area (Å²) in [5, 5.41) is 0. The second-order valence-electron chi connectivity index (χ2n) is 1.63. The summed E-state index contributed by atoms with van der Waals surface area (Å²) in [6.07, 6.45) is 2.18. The van der Waals surface area contributed by atoms with Gasteiger partial charge in [0.2, 0.25) is 0 Å². The van der Waals surface area contributed by atoms with Gasteiger partial charge in [-0.2, -0.15) is 11.8 Å². The van der Waals surface area contributed by atoms with E-state index in [1.54, 1.807) is 0 Å². The summed E-state index contributed by atoms with van der Waals surface area (Å²) in [4.78, 5) is 0. The van der Waals surface area contributed by atoms with Gasteiger partial charge in [0.05, 0.1) is 4.58 Å². The second kappa shape index (κ2) is 3.96. The summed E-state index contributed by atoms with van der Waals surface area (Å²) in [6, 6.07) is 0. The SMILES string of the molecule is CSCC1SCCS1. The van der Waals surface area contributed by atoms with Gasteiger partial charge in [-0.05, 0) is 6.26 Å². The molecule has 0 radical (unpaired) electrons. The summed E-state index contributed by atoms with van der Waals surface area (Å²) < 4.78 is 0.907. The van der Waals surface area contributed by atoms with Crippen LogP contribution >= 0.6 is 35.3 Å². The number of thioether (sulfide) groups is 3. The molecule has 48 valence electrons. The van der Waals surface area contributed by atoms with E-state index in [4.69, 9.17) is 0 Å². The van der Waals surface area contributed by atoms with E-state index < -0.39 is 0 Å². The first-order valence-electron chi connectivity index (χ1n) is 2.65. The number of hydrogen-bond donors (Lipinski definition) is 0. The minimum atomic E-state index is 0.907. The van der Waals surface area contributed by atoms with Crippen molar-refractivity contribution in [2.24, 2.45) is 0 Å². The van der Waals surface area contributed by atoms with Gasteiger partial charge in [0.1, 0.15) is 0 Å². The van der Waals surface area contributed by atoms with Crippen molar-refractivity contribution in [1.82, 2.24) is 0 Å². The Bertz CT molecular complexity index is 58.7. The molecule has 0 aromatic carbocycles. The third-order valence-electron chi connectivity index (χ3n) is 0.994. The molecular formula is C5H10S3. The van der Waals surface area contributed by atoms with E-state index in [-0.39, 0.29) is 0 Å². The van der Waals surface area contributed by atoms with Crippen LogP contribution in [0.4, 0.5) is 0 Å². The first-order valence-corrected chi connectivity index (χ1v) is 6.15. The standard InChI is InChI=1S/C5H10S3/c1-6-4-5-7-2-3-8-5/h5H,2-4H2,1H3. The third kappa shape index (κ3) is 2.11. The summed E-state index contributed by atoms with van der Waals surface area (Å²) in [6.45, 7) is 0. The van der Waals surface area contributed by atoms with E-state index in [1.165, 1.54) is 17.3 Å². The molecule has 0 nitrogen and oxygen atoms in total. The number of hydrogen-bond acceptors (Lipinski definition) is 3. The van der Waals surface area contributed by atoms with Crippen LogP contribution in [0.2, 0.25) is 0 Å². The molecule has 0 aromatic heterocycles. The minimum absolute atomic E-state index is 0.907. The quantitative estimate of drug-likeness (QED) is 0.617. The Hall–Kier alpha value is 1.05. The minimum Gasteiger partial charge on any atom is -0.163 e. The van der Waals surface area contributed by atoms with E-state index in [9.17, 15) is 0 Å². The van der Waals surface area contributed by atoms with Crippen molar-refractivity contribution >= 4 is 35.3 Å². The molecule has 0 spiro atoms. The zero-order valence-electron chi connectivity index (χ0n) is 4.92. The number of rotatable bonds is 2. The van der Waals surface area contributed by atoms with Gasteiger partial charge in [-0.1, -0.05) is 0 Å². The Labute approximate surface area is 63.6 Å². The molecule has 1 fully saturated rings. The van der Waals surface area contributed by atoms with Gasteiger partial charge in [0.15, 0.2) is 0 Å². The molecule has 1 heterocycles. The largest absolute Gasteiger partial charge is 0.163 e.